The van der Waals surface area contributed by atoms with Gasteiger partial charge in [0.1, 0.15) is 0 Å². The van der Waals surface area contributed by atoms with Gasteiger partial charge in [-0.25, -0.2) is 0 Å². The molecule has 0 aromatic heterocycles. The van der Waals surface area contributed by atoms with Crippen molar-refractivity contribution in [3.63, 3.8) is 0 Å². The number of thioether (sulfide) groups is 3. The molecule has 0 saturated carbocycles. The fourth-order valence-corrected chi connectivity index (χ4v) is 4.86. The van der Waals surface area contributed by atoms with Gasteiger partial charge >= 0.3 is 0 Å². The molecule has 0 aliphatic carbocycles. The normalized spacial score (nSPS) is 24.5. The van der Waals surface area contributed by atoms with E-state index in [1.807, 2.05) is 0 Å². The van der Waals surface area contributed by atoms with Crippen LogP contribution in [-0.2, 0) is 0 Å². The van der Waals surface area contributed by atoms with Gasteiger partial charge in [-0.2, -0.15) is 35.3 Å². The van der Waals surface area contributed by atoms with Crippen molar-refractivity contribution in [3.05, 3.63) is 0 Å². The summed E-state index contributed by atoms with van der Waals surface area (Å²) in [6.07, 6.45) is 5.53. The van der Waals surface area contributed by atoms with Crippen molar-refractivity contribution in [2.24, 2.45) is 0 Å². The second kappa shape index (κ2) is 12.1. The third-order valence-corrected chi connectivity index (χ3v) is 6.28. The van der Waals surface area contributed by atoms with E-state index in [4.69, 9.17) is 0 Å². The third-order valence-electron chi connectivity index (χ3n) is 2.81. The fraction of sp³-hybridized carbons (Fsp3) is 1.00. The van der Waals surface area contributed by atoms with Crippen molar-refractivity contribution in [3.8, 4) is 0 Å². The zero-order valence-electron chi connectivity index (χ0n) is 11.2. The maximum Gasteiger partial charge on any atom is -0.00139 e. The van der Waals surface area contributed by atoms with Crippen molar-refractivity contribution in [2.45, 2.75) is 25.7 Å². The van der Waals surface area contributed by atoms with Crippen LogP contribution in [0.5, 0.6) is 0 Å². The molecule has 1 nitrogen and oxygen atoms in total. The molecule has 1 aliphatic rings. The molecular formula is C13H27NS3. The predicted molar refractivity (Wildman–Crippen MR) is 87.9 cm³/mol. The Labute approximate surface area is 120 Å². The van der Waals surface area contributed by atoms with Gasteiger partial charge in [0.25, 0.3) is 0 Å². The molecule has 0 radical (unpaired) electrons. The van der Waals surface area contributed by atoms with Crippen molar-refractivity contribution in [1.29, 1.82) is 0 Å². The summed E-state index contributed by atoms with van der Waals surface area (Å²) in [6.45, 7) is 2.57. The standard InChI is InChI=1S/C13H27NS3/c1-14-6-2-8-15-10-4-12-17-13-5-11-16-9-3-7-14/h2-13H2,1H3. The summed E-state index contributed by atoms with van der Waals surface area (Å²) in [5.74, 6) is 8.18. The monoisotopic (exact) mass is 293 g/mol. The van der Waals surface area contributed by atoms with Crippen molar-refractivity contribution in [1.82, 2.24) is 4.90 Å². The van der Waals surface area contributed by atoms with Gasteiger partial charge in [-0.15, -0.1) is 0 Å². The highest BCUT2D eigenvalue weighted by atomic mass is 32.2. The van der Waals surface area contributed by atoms with Crippen molar-refractivity contribution >= 4 is 35.3 Å². The zero-order valence-corrected chi connectivity index (χ0v) is 13.6. The molecule has 1 heterocycles. The van der Waals surface area contributed by atoms with Gasteiger partial charge in [0.05, 0.1) is 0 Å². The van der Waals surface area contributed by atoms with Crippen molar-refractivity contribution < 1.29 is 0 Å². The minimum Gasteiger partial charge on any atom is -0.306 e. The molecule has 0 aromatic carbocycles. The molecule has 1 saturated heterocycles. The highest BCUT2D eigenvalue weighted by Gasteiger charge is 2.00. The van der Waals surface area contributed by atoms with E-state index in [1.54, 1.807) is 0 Å². The van der Waals surface area contributed by atoms with Crippen LogP contribution in [0, 0.1) is 0 Å². The van der Waals surface area contributed by atoms with Crippen molar-refractivity contribution in [2.75, 3.05) is 54.7 Å². The average Bonchev–Trinajstić information content (AvgIpc) is 2.32. The average molecular weight is 294 g/mol. The lowest BCUT2D eigenvalue weighted by atomic mass is 10.4. The second-order valence-corrected chi connectivity index (χ2v) is 8.23. The number of nitrogens with zero attached hydrogens (tertiary/aromatic N) is 1. The lowest BCUT2D eigenvalue weighted by Crippen LogP contribution is -2.21. The molecule has 4 heteroatoms. The van der Waals surface area contributed by atoms with Crippen LogP contribution in [-0.4, -0.2) is 59.6 Å². The Bertz CT molecular complexity index is 151. The Hall–Kier alpha value is 1.01. The predicted octanol–water partition coefficient (Wildman–Crippen LogP) is 3.69. The summed E-state index contributed by atoms with van der Waals surface area (Å²) in [6, 6.07) is 0. The largest absolute Gasteiger partial charge is 0.306 e. The van der Waals surface area contributed by atoms with Gasteiger partial charge < -0.3 is 4.90 Å². The maximum atomic E-state index is 2.50. The minimum absolute atomic E-state index is 1.28. The van der Waals surface area contributed by atoms with Crippen LogP contribution in [0.3, 0.4) is 0 Å². The summed E-state index contributed by atoms with van der Waals surface area (Å²) >= 11 is 6.45. The Morgan fingerprint density at radius 3 is 1.35 bits per heavy atom. The molecule has 17 heavy (non-hydrogen) atoms. The lowest BCUT2D eigenvalue weighted by molar-refractivity contribution is 0.337. The summed E-state index contributed by atoms with van der Waals surface area (Å²) in [7, 11) is 2.27. The maximum absolute atomic E-state index is 2.50. The van der Waals surface area contributed by atoms with E-state index < -0.39 is 0 Å². The van der Waals surface area contributed by atoms with Crippen LogP contribution in [0.15, 0.2) is 0 Å². The quantitative estimate of drug-likeness (QED) is 0.670. The number of rotatable bonds is 0. The zero-order chi connectivity index (χ0) is 12.2. The molecule has 102 valence electrons. The molecule has 1 rings (SSSR count). The molecule has 1 fully saturated rings. The summed E-state index contributed by atoms with van der Waals surface area (Å²) in [5.41, 5.74) is 0. The van der Waals surface area contributed by atoms with E-state index >= 15 is 0 Å². The SMILES string of the molecule is CN1CCCSCCCSCCCSCCC1. The fourth-order valence-electron chi connectivity index (χ4n) is 1.82. The molecule has 0 atom stereocenters. The van der Waals surface area contributed by atoms with Gasteiger partial charge in [-0.05, 0) is 80.3 Å². The molecule has 0 bridgehead atoms. The van der Waals surface area contributed by atoms with Crippen LogP contribution in [0.2, 0.25) is 0 Å². The first-order valence-electron chi connectivity index (χ1n) is 6.81. The second-order valence-electron chi connectivity index (χ2n) is 4.55. The third kappa shape index (κ3) is 10.6. The molecule has 0 N–H and O–H groups in total. The van der Waals surface area contributed by atoms with Gasteiger partial charge in [-0.3, -0.25) is 0 Å². The summed E-state index contributed by atoms with van der Waals surface area (Å²) < 4.78 is 0. The topological polar surface area (TPSA) is 3.24 Å². The van der Waals surface area contributed by atoms with Gasteiger partial charge in [0, 0.05) is 0 Å². The lowest BCUT2D eigenvalue weighted by Gasteiger charge is -2.16. The summed E-state index contributed by atoms with van der Waals surface area (Å²) in [5, 5.41) is 0. The summed E-state index contributed by atoms with van der Waals surface area (Å²) in [4.78, 5) is 2.50. The van der Waals surface area contributed by atoms with Crippen LogP contribution in [0.4, 0.5) is 0 Å². The molecule has 0 unspecified atom stereocenters. The van der Waals surface area contributed by atoms with Crippen LogP contribution in [0.25, 0.3) is 0 Å². The highest BCUT2D eigenvalue weighted by molar-refractivity contribution is 8.00. The van der Waals surface area contributed by atoms with E-state index in [0.717, 1.165) is 0 Å². The number of hydrogen-bond acceptors (Lipinski definition) is 4. The van der Waals surface area contributed by atoms with E-state index in [0.29, 0.717) is 0 Å². The van der Waals surface area contributed by atoms with E-state index in [2.05, 4.69) is 47.2 Å². The Morgan fingerprint density at radius 1 is 0.588 bits per heavy atom. The Balaban J connectivity index is 2.09. The first-order valence-corrected chi connectivity index (χ1v) is 10.3. The molecule has 0 amide bonds. The minimum atomic E-state index is 1.28. The smallest absolute Gasteiger partial charge is 0.00139 e. The van der Waals surface area contributed by atoms with Crippen LogP contribution in [0.1, 0.15) is 25.7 Å². The molecule has 1 aliphatic heterocycles. The van der Waals surface area contributed by atoms with E-state index in [-0.39, 0.29) is 0 Å². The molecule has 0 aromatic rings. The van der Waals surface area contributed by atoms with E-state index in [1.165, 1.54) is 73.3 Å². The number of hydrogen-bond donors (Lipinski definition) is 0. The van der Waals surface area contributed by atoms with Gasteiger partial charge in [0.15, 0.2) is 0 Å². The van der Waals surface area contributed by atoms with Gasteiger partial charge in [0.2, 0.25) is 0 Å². The first kappa shape index (κ1) is 16.1. The first-order chi connectivity index (χ1) is 8.39. The molecular weight excluding hydrogens is 266 g/mol. The van der Waals surface area contributed by atoms with Crippen LogP contribution >= 0.6 is 35.3 Å². The molecule has 0 spiro atoms. The highest BCUT2D eigenvalue weighted by Crippen LogP contribution is 2.13. The van der Waals surface area contributed by atoms with E-state index in [9.17, 15) is 0 Å². The van der Waals surface area contributed by atoms with Crippen LogP contribution < -0.4 is 0 Å². The Morgan fingerprint density at radius 2 is 0.941 bits per heavy atom. The Kier molecular flexibility index (Phi) is 11.4. The van der Waals surface area contributed by atoms with Gasteiger partial charge in [-0.1, -0.05) is 0 Å².